The molecule has 2 heterocycles. The molecule has 1 atom stereocenters. The highest BCUT2D eigenvalue weighted by Gasteiger charge is 2.35. The van der Waals surface area contributed by atoms with E-state index in [1.807, 2.05) is 38.1 Å². The van der Waals surface area contributed by atoms with Crippen LogP contribution in [0.2, 0.25) is 0 Å². The first-order chi connectivity index (χ1) is 17.5. The highest BCUT2D eigenvalue weighted by Crippen LogP contribution is 2.33. The molecule has 2 aliphatic rings. The fourth-order valence-corrected chi connectivity index (χ4v) is 4.92. The molecule has 7 heteroatoms. The summed E-state index contributed by atoms with van der Waals surface area (Å²) in [7, 11) is 0. The first-order valence-corrected chi connectivity index (χ1v) is 12.7. The van der Waals surface area contributed by atoms with Crippen molar-refractivity contribution in [2.45, 2.75) is 58.4 Å². The summed E-state index contributed by atoms with van der Waals surface area (Å²) in [5, 5.41) is 9.94. The van der Waals surface area contributed by atoms with Gasteiger partial charge in [-0.25, -0.2) is 9.78 Å². The van der Waals surface area contributed by atoms with Gasteiger partial charge in [0.25, 0.3) is 0 Å². The first-order valence-electron chi connectivity index (χ1n) is 12.7. The Kier molecular flexibility index (Phi) is 8.41. The van der Waals surface area contributed by atoms with Gasteiger partial charge in [0.15, 0.2) is 6.04 Å². The maximum atomic E-state index is 12.7. The molecule has 1 unspecified atom stereocenters. The second kappa shape index (κ2) is 11.9. The van der Waals surface area contributed by atoms with Crippen molar-refractivity contribution < 1.29 is 23.8 Å². The molecule has 1 aromatic heterocycles. The Hall–Kier alpha value is -3.61. The van der Waals surface area contributed by atoms with Gasteiger partial charge in [-0.1, -0.05) is 43.2 Å². The van der Waals surface area contributed by atoms with E-state index in [9.17, 15) is 14.7 Å². The number of allylic oxidation sites excluding steroid dienone is 4. The minimum atomic E-state index is -1.06. The van der Waals surface area contributed by atoms with E-state index in [4.69, 9.17) is 9.15 Å². The Labute approximate surface area is 212 Å². The number of hydrogen-bond donors (Lipinski definition) is 1. The maximum absolute atomic E-state index is 12.7. The average molecular weight is 491 g/mol. The van der Waals surface area contributed by atoms with Gasteiger partial charge in [0, 0.05) is 19.0 Å². The largest absolute Gasteiger partial charge is 0.493 e. The Balaban J connectivity index is 1.41. The van der Waals surface area contributed by atoms with E-state index in [1.54, 1.807) is 18.2 Å². The summed E-state index contributed by atoms with van der Waals surface area (Å²) in [4.78, 5) is 30.8. The molecule has 2 aromatic rings. The van der Waals surface area contributed by atoms with Gasteiger partial charge in [-0.15, -0.1) is 0 Å². The van der Waals surface area contributed by atoms with E-state index in [1.165, 1.54) is 36.7 Å². The van der Waals surface area contributed by atoms with E-state index in [2.05, 4.69) is 11.1 Å². The summed E-state index contributed by atoms with van der Waals surface area (Å²) in [6.45, 7) is 4.49. The lowest BCUT2D eigenvalue weighted by atomic mass is 9.92. The highest BCUT2D eigenvalue weighted by molar-refractivity contribution is 5.92. The number of aromatic nitrogens is 1. The number of carbonyl (C=O) groups is 2. The molecule has 0 radical (unpaired) electrons. The standard InChI is InChI=1S/C29H34N2O5/c1-3-4-5-10-27(32)31-17-15-22-12-13-23(19-24(22)28(31)29(33)34)35-18-16-25-20(2)36-26(30-25)14-11-21-8-6-7-9-21/h3-5,10-14,19,21,28H,6-9,15-18H2,1-2H3,(H,33,34). The Morgan fingerprint density at radius 2 is 2.06 bits per heavy atom. The SMILES string of the molecule is CC=CC=CC(=O)N1CCc2ccc(OCCc3nc(C=CC4CCCC4)oc3C)cc2C1C(=O)O. The zero-order chi connectivity index (χ0) is 25.5. The van der Waals surface area contributed by atoms with E-state index in [-0.39, 0.29) is 5.91 Å². The topological polar surface area (TPSA) is 92.9 Å². The minimum Gasteiger partial charge on any atom is -0.493 e. The number of oxazole rings is 1. The van der Waals surface area contributed by atoms with Crippen molar-refractivity contribution in [1.29, 1.82) is 0 Å². The lowest BCUT2D eigenvalue weighted by Gasteiger charge is -2.34. The number of aryl methyl sites for hydroxylation is 1. The van der Waals surface area contributed by atoms with Crippen LogP contribution in [0.3, 0.4) is 0 Å². The molecule has 0 saturated heterocycles. The predicted octanol–water partition coefficient (Wildman–Crippen LogP) is 5.45. The summed E-state index contributed by atoms with van der Waals surface area (Å²) in [6.07, 6.45) is 17.0. The van der Waals surface area contributed by atoms with Crippen molar-refractivity contribution in [2.75, 3.05) is 13.2 Å². The molecule has 1 fully saturated rings. The zero-order valence-corrected chi connectivity index (χ0v) is 21.0. The number of carboxylic acids is 1. The molecule has 1 N–H and O–H groups in total. The number of nitrogens with zero attached hydrogens (tertiary/aromatic N) is 2. The molecule has 1 amide bonds. The number of hydrogen-bond acceptors (Lipinski definition) is 5. The average Bonchev–Trinajstić information content (AvgIpc) is 3.51. The summed E-state index contributed by atoms with van der Waals surface area (Å²) >= 11 is 0. The van der Waals surface area contributed by atoms with Gasteiger partial charge in [0.05, 0.1) is 12.3 Å². The van der Waals surface area contributed by atoms with Crippen LogP contribution < -0.4 is 4.74 Å². The Bertz CT molecular complexity index is 1170. The number of aliphatic carboxylic acids is 1. The van der Waals surface area contributed by atoms with E-state index in [0.717, 1.165) is 17.0 Å². The number of ether oxygens (including phenoxy) is 1. The summed E-state index contributed by atoms with van der Waals surface area (Å²) < 4.78 is 11.8. The normalized spacial score (nSPS) is 18.5. The second-order valence-corrected chi connectivity index (χ2v) is 9.33. The van der Waals surface area contributed by atoms with Gasteiger partial charge in [-0.3, -0.25) is 4.79 Å². The molecule has 1 aliphatic heterocycles. The fraction of sp³-hybridized carbons (Fsp3) is 0.414. The monoisotopic (exact) mass is 490 g/mol. The highest BCUT2D eigenvalue weighted by atomic mass is 16.5. The zero-order valence-electron chi connectivity index (χ0n) is 21.0. The first kappa shape index (κ1) is 25.5. The van der Waals surface area contributed by atoms with Crippen LogP contribution in [0.15, 0.2) is 53.0 Å². The van der Waals surface area contributed by atoms with Gasteiger partial charge in [0.1, 0.15) is 11.5 Å². The van der Waals surface area contributed by atoms with Crippen LogP contribution in [0.25, 0.3) is 6.08 Å². The number of carbonyl (C=O) groups excluding carboxylic acids is 1. The van der Waals surface area contributed by atoms with Gasteiger partial charge < -0.3 is 19.2 Å². The molecule has 0 bridgehead atoms. The van der Waals surface area contributed by atoms with Crippen LogP contribution in [0.1, 0.15) is 67.1 Å². The Morgan fingerprint density at radius 3 is 2.81 bits per heavy atom. The lowest BCUT2D eigenvalue weighted by Crippen LogP contribution is -2.42. The molecule has 1 aromatic carbocycles. The maximum Gasteiger partial charge on any atom is 0.331 e. The molecule has 7 nitrogen and oxygen atoms in total. The van der Waals surface area contributed by atoms with Crippen molar-refractivity contribution >= 4 is 18.0 Å². The smallest absolute Gasteiger partial charge is 0.331 e. The molecular formula is C29H34N2O5. The molecule has 1 aliphatic carbocycles. The summed E-state index contributed by atoms with van der Waals surface area (Å²) in [5.74, 6) is 1.22. The van der Waals surface area contributed by atoms with Crippen LogP contribution >= 0.6 is 0 Å². The summed E-state index contributed by atoms with van der Waals surface area (Å²) in [6, 6.07) is 4.44. The van der Waals surface area contributed by atoms with Crippen molar-refractivity contribution in [3.63, 3.8) is 0 Å². The molecule has 4 rings (SSSR count). The quantitative estimate of drug-likeness (QED) is 0.371. The van der Waals surface area contributed by atoms with Crippen molar-refractivity contribution in [2.24, 2.45) is 5.92 Å². The van der Waals surface area contributed by atoms with Gasteiger partial charge in [-0.2, -0.15) is 0 Å². The number of benzene rings is 1. The van der Waals surface area contributed by atoms with Crippen molar-refractivity contribution in [3.05, 3.63) is 77.1 Å². The fourth-order valence-electron chi connectivity index (χ4n) is 4.92. The lowest BCUT2D eigenvalue weighted by molar-refractivity contribution is -0.149. The van der Waals surface area contributed by atoms with E-state index >= 15 is 0 Å². The van der Waals surface area contributed by atoms with Crippen LogP contribution in [-0.2, 0) is 22.4 Å². The third-order valence-electron chi connectivity index (χ3n) is 6.83. The molecule has 36 heavy (non-hydrogen) atoms. The van der Waals surface area contributed by atoms with Crippen molar-refractivity contribution in [3.8, 4) is 5.75 Å². The van der Waals surface area contributed by atoms with Crippen LogP contribution in [0, 0.1) is 12.8 Å². The van der Waals surface area contributed by atoms with Crippen LogP contribution in [0.5, 0.6) is 5.75 Å². The molecule has 1 saturated carbocycles. The van der Waals surface area contributed by atoms with Crippen LogP contribution in [-0.4, -0.2) is 40.0 Å². The van der Waals surface area contributed by atoms with Gasteiger partial charge >= 0.3 is 5.97 Å². The van der Waals surface area contributed by atoms with Crippen LogP contribution in [0.4, 0.5) is 0 Å². The van der Waals surface area contributed by atoms with E-state index < -0.39 is 12.0 Å². The van der Waals surface area contributed by atoms with Crippen molar-refractivity contribution in [1.82, 2.24) is 9.88 Å². The number of rotatable bonds is 9. The third-order valence-corrected chi connectivity index (χ3v) is 6.83. The number of amides is 1. The van der Waals surface area contributed by atoms with Gasteiger partial charge in [-0.05, 0) is 68.4 Å². The molecular weight excluding hydrogens is 456 g/mol. The molecule has 0 spiro atoms. The van der Waals surface area contributed by atoms with Gasteiger partial charge in [0.2, 0.25) is 11.8 Å². The third kappa shape index (κ3) is 6.14. The Morgan fingerprint density at radius 1 is 1.25 bits per heavy atom. The minimum absolute atomic E-state index is 0.322. The molecule has 190 valence electrons. The number of fused-ring (bicyclic) bond motifs is 1. The number of carboxylic acid groups (broad SMARTS) is 1. The van der Waals surface area contributed by atoms with E-state index in [0.29, 0.717) is 49.1 Å². The summed E-state index contributed by atoms with van der Waals surface area (Å²) in [5.41, 5.74) is 2.37. The second-order valence-electron chi connectivity index (χ2n) is 9.33. The predicted molar refractivity (Wildman–Crippen MR) is 138 cm³/mol.